The Kier molecular flexibility index (Phi) is 2.38. The van der Waals surface area contributed by atoms with Crippen LogP contribution in [0.1, 0.15) is 68.6 Å². The molecule has 5 saturated carbocycles. The molecule has 1 aromatic heterocycles. The third kappa shape index (κ3) is 1.57. The number of aromatic nitrogens is 3. The first kappa shape index (κ1) is 11.7. The number of hydrogen-bond donors (Lipinski definition) is 1. The quantitative estimate of drug-likeness (QED) is 0.921. The van der Waals surface area contributed by atoms with E-state index in [1.165, 1.54) is 50.8 Å². The van der Waals surface area contributed by atoms with Crippen molar-refractivity contribution in [3.8, 4) is 0 Å². The van der Waals surface area contributed by atoms with Crippen molar-refractivity contribution < 1.29 is 5.11 Å². The largest absolute Gasteiger partial charge is 0.388 e. The number of rotatable bonds is 3. The highest BCUT2D eigenvalue weighted by Crippen LogP contribution is 2.60. The average molecular weight is 273 g/mol. The van der Waals surface area contributed by atoms with Crippen molar-refractivity contribution in [3.05, 3.63) is 11.6 Å². The zero-order chi connectivity index (χ0) is 13.3. The summed E-state index contributed by atoms with van der Waals surface area (Å²) in [5, 5.41) is 18.4. The molecule has 4 nitrogen and oxygen atoms in total. The molecule has 0 saturated heterocycles. The van der Waals surface area contributed by atoms with Gasteiger partial charge in [-0.15, -0.1) is 10.2 Å². The molecule has 1 heterocycles. The highest BCUT2D eigenvalue weighted by Gasteiger charge is 2.50. The molecule has 5 aliphatic rings. The van der Waals surface area contributed by atoms with Gasteiger partial charge in [-0.1, -0.05) is 0 Å². The molecule has 1 aromatic rings. The summed E-state index contributed by atoms with van der Waals surface area (Å²) in [6.45, 7) is 0.0385. The number of nitrogens with zero attached hydrogens (tertiary/aromatic N) is 3. The maximum Gasteiger partial charge on any atom is 0.159 e. The summed E-state index contributed by atoms with van der Waals surface area (Å²) in [5.41, 5.74) is 0. The van der Waals surface area contributed by atoms with Crippen LogP contribution in [0.2, 0.25) is 0 Å². The molecule has 1 N–H and O–H groups in total. The van der Waals surface area contributed by atoms with Crippen LogP contribution in [-0.4, -0.2) is 19.9 Å². The second kappa shape index (κ2) is 4.06. The van der Waals surface area contributed by atoms with Crippen LogP contribution in [0.4, 0.5) is 0 Å². The minimum atomic E-state index is 0.0385. The number of aliphatic hydroxyl groups excluding tert-OH is 1. The van der Waals surface area contributed by atoms with Crippen LogP contribution < -0.4 is 0 Å². The summed E-state index contributed by atoms with van der Waals surface area (Å²) < 4.78 is 2.31. The van der Waals surface area contributed by atoms with Crippen molar-refractivity contribution in [1.82, 2.24) is 14.8 Å². The van der Waals surface area contributed by atoms with Crippen molar-refractivity contribution >= 4 is 0 Å². The van der Waals surface area contributed by atoms with Gasteiger partial charge in [-0.25, -0.2) is 0 Å². The Morgan fingerprint density at radius 2 is 1.60 bits per heavy atom. The summed E-state index contributed by atoms with van der Waals surface area (Å²) in [7, 11) is 0. The van der Waals surface area contributed by atoms with Crippen LogP contribution in [0, 0.1) is 23.7 Å². The van der Waals surface area contributed by atoms with Crippen molar-refractivity contribution in [1.29, 1.82) is 0 Å². The maximum atomic E-state index is 9.54. The Labute approximate surface area is 119 Å². The van der Waals surface area contributed by atoms with Crippen LogP contribution in [0.25, 0.3) is 0 Å². The molecule has 4 bridgehead atoms. The van der Waals surface area contributed by atoms with Crippen LogP contribution in [0.5, 0.6) is 0 Å². The molecule has 0 unspecified atom stereocenters. The molecule has 6 rings (SSSR count). The van der Waals surface area contributed by atoms with E-state index in [2.05, 4.69) is 14.8 Å². The fourth-order valence-corrected chi connectivity index (χ4v) is 5.75. The monoisotopic (exact) mass is 273 g/mol. The highest BCUT2D eigenvalue weighted by atomic mass is 16.3. The van der Waals surface area contributed by atoms with Crippen molar-refractivity contribution in [3.63, 3.8) is 0 Å². The van der Waals surface area contributed by atoms with Crippen molar-refractivity contribution in [2.75, 3.05) is 0 Å². The molecule has 0 spiro atoms. The van der Waals surface area contributed by atoms with E-state index in [9.17, 15) is 5.11 Å². The van der Waals surface area contributed by atoms with E-state index < -0.39 is 0 Å². The molecule has 0 aliphatic heterocycles. The van der Waals surface area contributed by atoms with Crippen molar-refractivity contribution in [2.24, 2.45) is 23.7 Å². The van der Waals surface area contributed by atoms with Crippen LogP contribution >= 0.6 is 0 Å². The molecule has 0 amide bonds. The van der Waals surface area contributed by atoms with Gasteiger partial charge in [0.05, 0.1) is 0 Å². The van der Waals surface area contributed by atoms with Gasteiger partial charge >= 0.3 is 0 Å². The van der Waals surface area contributed by atoms with Gasteiger partial charge in [0.15, 0.2) is 5.82 Å². The standard InChI is InChI=1S/C16H23N3O/c20-8-14-17-18-16(19(14)13-1-2-13)15-11-4-9-3-10(6-11)7-12(15)5-9/h9-13,15,20H,1-8H2. The molecule has 5 aliphatic carbocycles. The Morgan fingerprint density at radius 3 is 2.15 bits per heavy atom. The molecular weight excluding hydrogens is 250 g/mol. The SMILES string of the molecule is OCc1nnc(C2C3CC4CC(C3)CC2C4)n1C1CC1. The molecule has 20 heavy (non-hydrogen) atoms. The van der Waals surface area contributed by atoms with E-state index in [1.807, 2.05) is 0 Å². The fraction of sp³-hybridized carbons (Fsp3) is 0.875. The number of aliphatic hydroxyl groups is 1. The lowest BCUT2D eigenvalue weighted by molar-refractivity contribution is -0.00700. The Hall–Kier alpha value is -0.900. The normalized spacial score (nSPS) is 42.4. The Bertz CT molecular complexity index is 506. The molecule has 5 fully saturated rings. The van der Waals surface area contributed by atoms with E-state index in [1.54, 1.807) is 0 Å². The lowest BCUT2D eigenvalue weighted by atomic mass is 9.51. The van der Waals surface area contributed by atoms with Gasteiger partial charge in [0.25, 0.3) is 0 Å². The summed E-state index contributed by atoms with van der Waals surface area (Å²) >= 11 is 0. The molecular formula is C16H23N3O. The first-order chi connectivity index (χ1) is 9.83. The van der Waals surface area contributed by atoms with Gasteiger partial charge in [-0.2, -0.15) is 0 Å². The molecule has 0 radical (unpaired) electrons. The predicted molar refractivity (Wildman–Crippen MR) is 74.0 cm³/mol. The molecule has 4 heteroatoms. The van der Waals surface area contributed by atoms with Crippen LogP contribution in [0.3, 0.4) is 0 Å². The molecule has 0 aromatic carbocycles. The fourth-order valence-electron chi connectivity index (χ4n) is 5.75. The van der Waals surface area contributed by atoms with Gasteiger partial charge in [-0.3, -0.25) is 0 Å². The van der Waals surface area contributed by atoms with Crippen molar-refractivity contribution in [2.45, 2.75) is 63.5 Å². The zero-order valence-electron chi connectivity index (χ0n) is 11.9. The van der Waals surface area contributed by atoms with Gasteiger partial charge in [-0.05, 0) is 68.6 Å². The topological polar surface area (TPSA) is 50.9 Å². The third-order valence-corrected chi connectivity index (χ3v) is 6.37. The highest BCUT2D eigenvalue weighted by molar-refractivity contribution is 5.15. The van der Waals surface area contributed by atoms with E-state index >= 15 is 0 Å². The van der Waals surface area contributed by atoms with E-state index in [4.69, 9.17) is 0 Å². The second-order valence-electron chi connectivity index (χ2n) is 7.69. The van der Waals surface area contributed by atoms with E-state index in [0.717, 1.165) is 29.5 Å². The van der Waals surface area contributed by atoms with Gasteiger partial charge < -0.3 is 9.67 Å². The lowest BCUT2D eigenvalue weighted by Gasteiger charge is -2.54. The second-order valence-corrected chi connectivity index (χ2v) is 7.69. The first-order valence-electron chi connectivity index (χ1n) is 8.38. The average Bonchev–Trinajstić information content (AvgIpc) is 3.18. The maximum absolute atomic E-state index is 9.54. The van der Waals surface area contributed by atoms with Gasteiger partial charge in [0, 0.05) is 12.0 Å². The Balaban J connectivity index is 1.55. The summed E-state index contributed by atoms with van der Waals surface area (Å²) in [6, 6.07) is 0.583. The molecule has 108 valence electrons. The Morgan fingerprint density at radius 1 is 0.950 bits per heavy atom. The van der Waals surface area contributed by atoms with E-state index in [-0.39, 0.29) is 6.61 Å². The minimum Gasteiger partial charge on any atom is -0.388 e. The predicted octanol–water partition coefficient (Wildman–Crippen LogP) is 2.65. The van der Waals surface area contributed by atoms with Gasteiger partial charge in [0.1, 0.15) is 12.4 Å². The summed E-state index contributed by atoms with van der Waals surface area (Å²) in [5.74, 6) is 6.36. The molecule has 0 atom stereocenters. The van der Waals surface area contributed by atoms with Crippen LogP contribution in [-0.2, 0) is 6.61 Å². The van der Waals surface area contributed by atoms with Gasteiger partial charge in [0.2, 0.25) is 0 Å². The van der Waals surface area contributed by atoms with E-state index in [0.29, 0.717) is 12.0 Å². The number of hydrogen-bond acceptors (Lipinski definition) is 3. The summed E-state index contributed by atoms with van der Waals surface area (Å²) in [4.78, 5) is 0. The smallest absolute Gasteiger partial charge is 0.159 e. The lowest BCUT2D eigenvalue weighted by Crippen LogP contribution is -2.44. The minimum absolute atomic E-state index is 0.0385. The summed E-state index contributed by atoms with van der Waals surface area (Å²) in [6.07, 6.45) is 9.66. The first-order valence-corrected chi connectivity index (χ1v) is 8.38. The van der Waals surface area contributed by atoms with Crippen LogP contribution in [0.15, 0.2) is 0 Å². The third-order valence-electron chi connectivity index (χ3n) is 6.37. The zero-order valence-corrected chi connectivity index (χ0v) is 11.9.